The third-order valence-corrected chi connectivity index (χ3v) is 3.42. The molecule has 4 heteroatoms. The molecule has 2 unspecified atom stereocenters. The van der Waals surface area contributed by atoms with Crippen molar-refractivity contribution in [3.05, 3.63) is 0 Å². The van der Waals surface area contributed by atoms with E-state index in [0.717, 1.165) is 32.5 Å². The molecule has 0 bridgehead atoms. The maximum atomic E-state index is 11.7. The zero-order chi connectivity index (χ0) is 10.1. The smallest absolute Gasteiger partial charge is 0.239 e. The van der Waals surface area contributed by atoms with E-state index in [4.69, 9.17) is 5.11 Å². The lowest BCUT2D eigenvalue weighted by atomic mass is 10.1. The van der Waals surface area contributed by atoms with E-state index in [-0.39, 0.29) is 18.6 Å². The van der Waals surface area contributed by atoms with Gasteiger partial charge in [-0.1, -0.05) is 0 Å². The maximum Gasteiger partial charge on any atom is 0.239 e. The number of aliphatic hydroxyl groups excluding tert-OH is 1. The normalized spacial score (nSPS) is 34.4. The number of hydrogen-bond donors (Lipinski definition) is 1. The van der Waals surface area contributed by atoms with Gasteiger partial charge in [0.2, 0.25) is 5.91 Å². The van der Waals surface area contributed by atoms with E-state index in [0.29, 0.717) is 5.92 Å². The number of aliphatic hydroxyl groups is 1. The van der Waals surface area contributed by atoms with Crippen LogP contribution in [0.15, 0.2) is 0 Å². The van der Waals surface area contributed by atoms with E-state index >= 15 is 0 Å². The highest BCUT2D eigenvalue weighted by molar-refractivity contribution is 5.83. The molecule has 0 radical (unpaired) electrons. The topological polar surface area (TPSA) is 43.8 Å². The van der Waals surface area contributed by atoms with Crippen molar-refractivity contribution in [1.82, 2.24) is 9.80 Å². The summed E-state index contributed by atoms with van der Waals surface area (Å²) in [6.07, 6.45) is 1.98. The van der Waals surface area contributed by atoms with Gasteiger partial charge in [0.15, 0.2) is 0 Å². The van der Waals surface area contributed by atoms with Gasteiger partial charge in [-0.2, -0.15) is 0 Å². The molecule has 0 saturated carbocycles. The van der Waals surface area contributed by atoms with E-state index in [1.165, 1.54) is 0 Å². The van der Waals surface area contributed by atoms with Crippen LogP contribution >= 0.6 is 0 Å². The van der Waals surface area contributed by atoms with Crippen LogP contribution < -0.4 is 0 Å². The first-order chi connectivity index (χ1) is 6.72. The Bertz CT molecular complexity index is 232. The number of likely N-dealkylation sites (tertiary alicyclic amines) is 2. The number of likely N-dealkylation sites (N-methyl/N-ethyl adjacent to an activating group) is 1. The van der Waals surface area contributed by atoms with Gasteiger partial charge < -0.3 is 10.0 Å². The molecule has 0 aliphatic carbocycles. The zero-order valence-corrected chi connectivity index (χ0v) is 8.65. The van der Waals surface area contributed by atoms with E-state index < -0.39 is 0 Å². The number of hydrogen-bond acceptors (Lipinski definition) is 3. The molecule has 0 aromatic carbocycles. The number of amides is 1. The van der Waals surface area contributed by atoms with Crippen LogP contribution in [0.3, 0.4) is 0 Å². The van der Waals surface area contributed by atoms with Crippen molar-refractivity contribution in [2.24, 2.45) is 5.92 Å². The van der Waals surface area contributed by atoms with Crippen molar-refractivity contribution in [2.45, 2.75) is 18.9 Å². The first kappa shape index (κ1) is 9.93. The Morgan fingerprint density at radius 2 is 2.21 bits per heavy atom. The second-order valence-electron chi connectivity index (χ2n) is 4.40. The minimum atomic E-state index is 0.0940. The number of carbonyl (C=O) groups excluding carboxylic acids is 1. The van der Waals surface area contributed by atoms with Gasteiger partial charge in [0.05, 0.1) is 6.04 Å². The van der Waals surface area contributed by atoms with E-state index in [1.54, 1.807) is 4.90 Å². The Balaban J connectivity index is 1.94. The largest absolute Gasteiger partial charge is 0.396 e. The monoisotopic (exact) mass is 198 g/mol. The van der Waals surface area contributed by atoms with Gasteiger partial charge in [-0.25, -0.2) is 0 Å². The molecule has 2 rings (SSSR count). The molecule has 14 heavy (non-hydrogen) atoms. The van der Waals surface area contributed by atoms with Crippen LogP contribution in [0.2, 0.25) is 0 Å². The van der Waals surface area contributed by atoms with E-state index in [9.17, 15) is 4.79 Å². The van der Waals surface area contributed by atoms with Crippen molar-refractivity contribution in [1.29, 1.82) is 0 Å². The summed E-state index contributed by atoms with van der Waals surface area (Å²) in [5.41, 5.74) is 0. The molecule has 2 atom stereocenters. The molecule has 4 nitrogen and oxygen atoms in total. The lowest BCUT2D eigenvalue weighted by molar-refractivity contribution is -0.130. The van der Waals surface area contributed by atoms with Crippen molar-refractivity contribution in [3.63, 3.8) is 0 Å². The molecule has 2 aliphatic rings. The fourth-order valence-corrected chi connectivity index (χ4v) is 2.44. The van der Waals surface area contributed by atoms with Crippen molar-refractivity contribution in [3.8, 4) is 0 Å². The van der Waals surface area contributed by atoms with Gasteiger partial charge in [-0.3, -0.25) is 9.69 Å². The minimum Gasteiger partial charge on any atom is -0.396 e. The minimum absolute atomic E-state index is 0.0940. The third kappa shape index (κ3) is 1.64. The fraction of sp³-hybridized carbons (Fsp3) is 0.900. The first-order valence-electron chi connectivity index (χ1n) is 5.32. The summed E-state index contributed by atoms with van der Waals surface area (Å²) in [7, 11) is 1.86. The predicted octanol–water partition coefficient (Wildman–Crippen LogP) is -0.469. The Morgan fingerprint density at radius 1 is 1.43 bits per heavy atom. The molecule has 2 saturated heterocycles. The Labute approximate surface area is 84.5 Å². The second-order valence-corrected chi connectivity index (χ2v) is 4.40. The van der Waals surface area contributed by atoms with Crippen LogP contribution in [0.5, 0.6) is 0 Å². The van der Waals surface area contributed by atoms with Crippen molar-refractivity contribution < 1.29 is 9.90 Å². The van der Waals surface area contributed by atoms with Crippen LogP contribution in [0.4, 0.5) is 0 Å². The third-order valence-electron chi connectivity index (χ3n) is 3.42. The maximum absolute atomic E-state index is 11.7. The van der Waals surface area contributed by atoms with Crippen LogP contribution in [0, 0.1) is 5.92 Å². The Hall–Kier alpha value is -0.610. The summed E-state index contributed by atoms with van der Waals surface area (Å²) >= 11 is 0. The summed E-state index contributed by atoms with van der Waals surface area (Å²) in [5.74, 6) is 0.636. The van der Waals surface area contributed by atoms with E-state index in [1.807, 2.05) is 7.05 Å². The first-order valence-corrected chi connectivity index (χ1v) is 5.32. The second kappa shape index (κ2) is 3.87. The number of rotatable bonds is 2. The highest BCUT2D eigenvalue weighted by atomic mass is 16.3. The number of nitrogens with zero attached hydrogens (tertiary/aromatic N) is 2. The molecule has 2 aliphatic heterocycles. The molecule has 2 fully saturated rings. The van der Waals surface area contributed by atoms with Gasteiger partial charge in [0.25, 0.3) is 0 Å². The van der Waals surface area contributed by atoms with E-state index in [2.05, 4.69) is 4.90 Å². The summed E-state index contributed by atoms with van der Waals surface area (Å²) < 4.78 is 0. The summed E-state index contributed by atoms with van der Waals surface area (Å²) in [6.45, 7) is 2.99. The fourth-order valence-electron chi connectivity index (χ4n) is 2.44. The lowest BCUT2D eigenvalue weighted by Crippen LogP contribution is -2.39. The Morgan fingerprint density at radius 3 is 2.71 bits per heavy atom. The lowest BCUT2D eigenvalue weighted by Gasteiger charge is -2.21. The average molecular weight is 198 g/mol. The summed E-state index contributed by atoms with van der Waals surface area (Å²) in [5, 5.41) is 9.02. The molecule has 0 spiro atoms. The van der Waals surface area contributed by atoms with Crippen LogP contribution in [-0.2, 0) is 4.79 Å². The van der Waals surface area contributed by atoms with Crippen molar-refractivity contribution >= 4 is 5.91 Å². The molecule has 0 aromatic heterocycles. The number of carbonyl (C=O) groups is 1. The molecule has 1 amide bonds. The average Bonchev–Trinajstić information content (AvgIpc) is 2.75. The quantitative estimate of drug-likeness (QED) is 0.652. The summed E-state index contributed by atoms with van der Waals surface area (Å²) in [4.78, 5) is 15.7. The van der Waals surface area contributed by atoms with Crippen LogP contribution in [0.25, 0.3) is 0 Å². The summed E-state index contributed by atoms with van der Waals surface area (Å²) in [6, 6.07) is 0.0940. The molecule has 0 aromatic rings. The highest BCUT2D eigenvalue weighted by Crippen LogP contribution is 2.23. The molecule has 2 heterocycles. The van der Waals surface area contributed by atoms with Gasteiger partial charge in [-0.05, 0) is 25.3 Å². The van der Waals surface area contributed by atoms with Crippen molar-refractivity contribution in [2.75, 3.05) is 33.3 Å². The van der Waals surface area contributed by atoms with Crippen LogP contribution in [0.1, 0.15) is 12.8 Å². The molecule has 80 valence electrons. The highest BCUT2D eigenvalue weighted by Gasteiger charge is 2.37. The molecular formula is C10H18N2O2. The van der Waals surface area contributed by atoms with Gasteiger partial charge in [-0.15, -0.1) is 0 Å². The van der Waals surface area contributed by atoms with Crippen LogP contribution in [-0.4, -0.2) is 60.1 Å². The standard InChI is InChI=1S/C10H18N2O2/c1-11-4-3-9(10(11)14)12-5-2-8(6-12)7-13/h8-9,13H,2-7H2,1H3. The molecule has 1 N–H and O–H groups in total. The Kier molecular flexibility index (Phi) is 2.74. The van der Waals surface area contributed by atoms with Gasteiger partial charge in [0, 0.05) is 26.7 Å². The SMILES string of the molecule is CN1CCC(N2CCC(CO)C2)C1=O. The molecular weight excluding hydrogens is 180 g/mol. The van der Waals surface area contributed by atoms with Gasteiger partial charge in [0.1, 0.15) is 0 Å². The zero-order valence-electron chi connectivity index (χ0n) is 8.65. The predicted molar refractivity (Wildman–Crippen MR) is 52.8 cm³/mol. The van der Waals surface area contributed by atoms with Gasteiger partial charge >= 0.3 is 0 Å².